The summed E-state index contributed by atoms with van der Waals surface area (Å²) in [6, 6.07) is 0. The number of aliphatic hydroxyl groups is 2. The second kappa shape index (κ2) is 15.3. The van der Waals surface area contributed by atoms with Crippen LogP contribution in [-0.2, 0) is 4.79 Å². The molecule has 1 aliphatic rings. The van der Waals surface area contributed by atoms with Gasteiger partial charge in [0.15, 0.2) is 0 Å². The minimum Gasteiger partial charge on any atom is -0.481 e. The van der Waals surface area contributed by atoms with Gasteiger partial charge in [-0.3, -0.25) is 4.79 Å². The molecular formula is C24H38O4. The van der Waals surface area contributed by atoms with Gasteiger partial charge in [-0.15, -0.1) is 0 Å². The molecule has 158 valence electrons. The molecule has 3 atom stereocenters. The summed E-state index contributed by atoms with van der Waals surface area (Å²) in [5.74, 6) is 0.651. The maximum absolute atomic E-state index is 10.4. The minimum atomic E-state index is -0.979. The molecule has 1 fully saturated rings. The van der Waals surface area contributed by atoms with Crippen LogP contribution < -0.4 is 0 Å². The molecule has 0 aromatic rings. The number of aliphatic carboxylic acids is 1. The number of aliphatic hydroxyl groups excluding tert-OH is 2. The monoisotopic (exact) mass is 390 g/mol. The van der Waals surface area contributed by atoms with Gasteiger partial charge < -0.3 is 15.3 Å². The highest BCUT2D eigenvalue weighted by atomic mass is 16.4. The van der Waals surface area contributed by atoms with E-state index < -0.39 is 18.2 Å². The zero-order valence-electron chi connectivity index (χ0n) is 17.2. The summed E-state index contributed by atoms with van der Waals surface area (Å²) >= 11 is 0. The van der Waals surface area contributed by atoms with E-state index in [4.69, 9.17) is 5.11 Å². The van der Waals surface area contributed by atoms with Crippen molar-refractivity contribution in [1.82, 2.24) is 0 Å². The molecule has 1 unspecified atom stereocenters. The van der Waals surface area contributed by atoms with Crippen molar-refractivity contribution in [2.24, 2.45) is 11.8 Å². The van der Waals surface area contributed by atoms with Crippen molar-refractivity contribution in [1.29, 1.82) is 0 Å². The van der Waals surface area contributed by atoms with Gasteiger partial charge in [0, 0.05) is 6.42 Å². The topological polar surface area (TPSA) is 77.8 Å². The number of carboxylic acid groups (broad SMARTS) is 1. The van der Waals surface area contributed by atoms with Gasteiger partial charge in [0.25, 0.3) is 0 Å². The van der Waals surface area contributed by atoms with Gasteiger partial charge >= 0.3 is 5.97 Å². The highest BCUT2D eigenvalue weighted by Gasteiger charge is 2.20. The van der Waals surface area contributed by atoms with Crippen molar-refractivity contribution in [2.75, 3.05) is 0 Å². The van der Waals surface area contributed by atoms with Crippen molar-refractivity contribution in [3.05, 3.63) is 48.6 Å². The van der Waals surface area contributed by atoms with E-state index in [-0.39, 0.29) is 12.8 Å². The molecule has 4 nitrogen and oxygen atoms in total. The van der Waals surface area contributed by atoms with Crippen LogP contribution in [0.3, 0.4) is 0 Å². The van der Waals surface area contributed by atoms with Crippen molar-refractivity contribution in [3.63, 3.8) is 0 Å². The lowest BCUT2D eigenvalue weighted by atomic mass is 9.78. The molecule has 0 saturated heterocycles. The predicted octanol–water partition coefficient (Wildman–Crippen LogP) is 5.18. The summed E-state index contributed by atoms with van der Waals surface area (Å²) < 4.78 is 0. The first-order chi connectivity index (χ1) is 13.5. The first kappa shape index (κ1) is 24.4. The van der Waals surface area contributed by atoms with Gasteiger partial charge in [-0.25, -0.2) is 0 Å². The van der Waals surface area contributed by atoms with Gasteiger partial charge in [0.1, 0.15) is 0 Å². The van der Waals surface area contributed by atoms with Gasteiger partial charge in [0.2, 0.25) is 0 Å². The lowest BCUT2D eigenvalue weighted by Crippen LogP contribution is -2.23. The van der Waals surface area contributed by atoms with Crippen LogP contribution in [-0.4, -0.2) is 33.5 Å². The first-order valence-corrected chi connectivity index (χ1v) is 10.8. The Hall–Kier alpha value is -1.65. The van der Waals surface area contributed by atoms with Crippen LogP contribution in [0.5, 0.6) is 0 Å². The molecule has 0 heterocycles. The molecular weight excluding hydrogens is 352 g/mol. The fourth-order valence-electron chi connectivity index (χ4n) is 3.79. The molecule has 0 aliphatic heterocycles. The quantitative estimate of drug-likeness (QED) is 0.378. The van der Waals surface area contributed by atoms with Gasteiger partial charge in [-0.2, -0.15) is 0 Å². The first-order valence-electron chi connectivity index (χ1n) is 10.8. The van der Waals surface area contributed by atoms with Crippen LogP contribution in [0.25, 0.3) is 0 Å². The molecule has 0 aromatic carbocycles. The Morgan fingerprint density at radius 1 is 0.929 bits per heavy atom. The number of hydrogen-bond acceptors (Lipinski definition) is 3. The summed E-state index contributed by atoms with van der Waals surface area (Å²) in [6.45, 7) is 2.26. The largest absolute Gasteiger partial charge is 0.481 e. The van der Waals surface area contributed by atoms with Crippen molar-refractivity contribution < 1.29 is 20.1 Å². The van der Waals surface area contributed by atoms with E-state index in [1.807, 2.05) is 24.3 Å². The summed E-state index contributed by atoms with van der Waals surface area (Å²) in [6.07, 6.45) is 23.5. The van der Waals surface area contributed by atoms with E-state index in [2.05, 4.69) is 19.1 Å². The number of hydrogen-bond donors (Lipinski definition) is 3. The second-order valence-electron chi connectivity index (χ2n) is 7.73. The molecule has 28 heavy (non-hydrogen) atoms. The Balaban J connectivity index is 2.33. The molecule has 4 heteroatoms. The second-order valence-corrected chi connectivity index (χ2v) is 7.73. The maximum atomic E-state index is 10.4. The van der Waals surface area contributed by atoms with Gasteiger partial charge in [-0.05, 0) is 43.9 Å². The van der Waals surface area contributed by atoms with Crippen LogP contribution in [0.1, 0.15) is 71.1 Å². The number of carbonyl (C=O) groups is 1. The summed E-state index contributed by atoms with van der Waals surface area (Å²) in [5.41, 5.74) is 0. The molecule has 1 rings (SSSR count). The summed E-state index contributed by atoms with van der Waals surface area (Å²) in [5, 5.41) is 28.1. The zero-order valence-corrected chi connectivity index (χ0v) is 17.2. The SMILES string of the molecule is CCCC(/C=C/C=C\C=C\C=C\[C@@H](O)[C@@H](O)CCCC(=O)O)C1CCCCC1. The van der Waals surface area contributed by atoms with E-state index in [1.165, 1.54) is 51.0 Å². The molecule has 0 spiro atoms. The Labute approximate surface area is 170 Å². The fourth-order valence-corrected chi connectivity index (χ4v) is 3.79. The Kier molecular flexibility index (Phi) is 13.3. The zero-order chi connectivity index (χ0) is 20.6. The highest BCUT2D eigenvalue weighted by molar-refractivity contribution is 5.66. The Morgan fingerprint density at radius 3 is 2.14 bits per heavy atom. The smallest absolute Gasteiger partial charge is 0.303 e. The van der Waals surface area contributed by atoms with Crippen LogP contribution in [0.2, 0.25) is 0 Å². The van der Waals surface area contributed by atoms with Crippen molar-refractivity contribution >= 4 is 5.97 Å². The third-order valence-corrected chi connectivity index (χ3v) is 5.38. The lowest BCUT2D eigenvalue weighted by Gasteiger charge is -2.28. The summed E-state index contributed by atoms with van der Waals surface area (Å²) in [7, 11) is 0. The van der Waals surface area contributed by atoms with Crippen LogP contribution >= 0.6 is 0 Å². The minimum absolute atomic E-state index is 0.00553. The third kappa shape index (κ3) is 11.3. The highest BCUT2D eigenvalue weighted by Crippen LogP contribution is 2.33. The Morgan fingerprint density at radius 2 is 1.54 bits per heavy atom. The Bertz CT molecular complexity index is 527. The van der Waals surface area contributed by atoms with Crippen LogP contribution in [0.4, 0.5) is 0 Å². The third-order valence-electron chi connectivity index (χ3n) is 5.38. The normalized spacial score (nSPS) is 19.8. The van der Waals surface area contributed by atoms with E-state index >= 15 is 0 Å². The van der Waals surface area contributed by atoms with E-state index in [1.54, 1.807) is 6.08 Å². The average Bonchev–Trinajstić information content (AvgIpc) is 2.69. The number of rotatable bonds is 13. The van der Waals surface area contributed by atoms with E-state index in [0.717, 1.165) is 5.92 Å². The van der Waals surface area contributed by atoms with Gasteiger partial charge in [0.05, 0.1) is 12.2 Å². The molecule has 0 aromatic heterocycles. The lowest BCUT2D eigenvalue weighted by molar-refractivity contribution is -0.137. The molecule has 3 N–H and O–H groups in total. The van der Waals surface area contributed by atoms with E-state index in [0.29, 0.717) is 12.3 Å². The molecule has 1 aliphatic carbocycles. The molecule has 1 saturated carbocycles. The number of allylic oxidation sites excluding steroid dienone is 7. The standard InChI is InChI=1S/C24H38O4/c1-2-13-20(21-15-9-7-10-16-21)14-8-5-3-4-6-11-17-22(25)23(26)18-12-19-24(27)28/h3-6,8,11,14,17,20-23,25-26H,2,7,9-10,12-13,15-16,18-19H2,1H3,(H,27,28)/b5-3-,6-4+,14-8+,17-11+/t20?,22-,23+/m1/s1. The molecule has 0 bridgehead atoms. The van der Waals surface area contributed by atoms with Crippen LogP contribution in [0, 0.1) is 11.8 Å². The van der Waals surface area contributed by atoms with Crippen molar-refractivity contribution in [3.8, 4) is 0 Å². The number of carboxylic acids is 1. The summed E-state index contributed by atoms with van der Waals surface area (Å²) in [4.78, 5) is 10.4. The van der Waals surface area contributed by atoms with E-state index in [9.17, 15) is 15.0 Å². The average molecular weight is 391 g/mol. The van der Waals surface area contributed by atoms with Crippen molar-refractivity contribution in [2.45, 2.75) is 83.3 Å². The maximum Gasteiger partial charge on any atom is 0.303 e. The fraction of sp³-hybridized carbons (Fsp3) is 0.625. The molecule has 0 amide bonds. The molecule has 0 radical (unpaired) electrons. The van der Waals surface area contributed by atoms with Gasteiger partial charge in [-0.1, -0.05) is 81.2 Å². The predicted molar refractivity (Wildman–Crippen MR) is 115 cm³/mol. The van der Waals surface area contributed by atoms with Crippen LogP contribution in [0.15, 0.2) is 48.6 Å².